The van der Waals surface area contributed by atoms with E-state index in [1.165, 1.54) is 0 Å². The van der Waals surface area contributed by atoms with Crippen molar-refractivity contribution in [1.82, 2.24) is 9.97 Å². The standard InChI is InChI=1S/C28H28ClN3O4/c1-17(2)35-26-14-10-19(16-22(26)29)25(33)13-9-20(27(30)34)15-18-7-11-21(12-8-18)36-28-31-23-5-3-4-6-24(23)32-28/h3-8,10-12,14,16-17,20H,9,13,15H2,1-2H3,(H2,30,34)(H,31,32)/t20-/m0/s1. The first-order chi connectivity index (χ1) is 17.3. The number of hydrogen-bond donors (Lipinski definition) is 2. The lowest BCUT2D eigenvalue weighted by Gasteiger charge is -2.14. The van der Waals surface area contributed by atoms with E-state index in [1.807, 2.05) is 62.4 Å². The zero-order valence-electron chi connectivity index (χ0n) is 20.2. The lowest BCUT2D eigenvalue weighted by Crippen LogP contribution is -2.25. The molecule has 3 N–H and O–H groups in total. The van der Waals surface area contributed by atoms with Crippen LogP contribution in [0, 0.1) is 5.92 Å². The van der Waals surface area contributed by atoms with Gasteiger partial charge in [-0.3, -0.25) is 9.59 Å². The SMILES string of the molecule is CC(C)Oc1ccc(C(=O)CC[C@@H](Cc2ccc(Oc3nc4ccccc4[nH]3)cc2)C(N)=O)cc1Cl. The topological polar surface area (TPSA) is 107 Å². The van der Waals surface area contributed by atoms with E-state index >= 15 is 0 Å². The minimum Gasteiger partial charge on any atom is -0.489 e. The quantitative estimate of drug-likeness (QED) is 0.239. The van der Waals surface area contributed by atoms with E-state index in [0.29, 0.717) is 40.9 Å². The van der Waals surface area contributed by atoms with E-state index in [-0.39, 0.29) is 18.3 Å². The van der Waals surface area contributed by atoms with Crippen molar-refractivity contribution >= 4 is 34.3 Å². The van der Waals surface area contributed by atoms with Gasteiger partial charge in [-0.15, -0.1) is 0 Å². The van der Waals surface area contributed by atoms with Crippen molar-refractivity contribution in [2.45, 2.75) is 39.2 Å². The van der Waals surface area contributed by atoms with Gasteiger partial charge in [0.2, 0.25) is 5.91 Å². The van der Waals surface area contributed by atoms with Gasteiger partial charge >= 0.3 is 0 Å². The Morgan fingerprint density at radius 1 is 1.06 bits per heavy atom. The molecule has 7 nitrogen and oxygen atoms in total. The molecule has 186 valence electrons. The zero-order chi connectivity index (χ0) is 25.7. The Bertz CT molecular complexity index is 1330. The molecular formula is C28H28ClN3O4. The molecular weight excluding hydrogens is 478 g/mol. The van der Waals surface area contributed by atoms with E-state index in [1.54, 1.807) is 18.2 Å². The third-order valence-corrected chi connectivity index (χ3v) is 6.02. The highest BCUT2D eigenvalue weighted by atomic mass is 35.5. The van der Waals surface area contributed by atoms with Crippen LogP contribution in [-0.2, 0) is 11.2 Å². The summed E-state index contributed by atoms with van der Waals surface area (Å²) in [7, 11) is 0. The Hall–Kier alpha value is -3.84. The summed E-state index contributed by atoms with van der Waals surface area (Å²) in [6.45, 7) is 3.81. The van der Waals surface area contributed by atoms with Crippen molar-refractivity contribution in [2.75, 3.05) is 0 Å². The Morgan fingerprint density at radius 2 is 1.81 bits per heavy atom. The zero-order valence-corrected chi connectivity index (χ0v) is 20.9. The number of halogens is 1. The van der Waals surface area contributed by atoms with Crippen LogP contribution in [0.3, 0.4) is 0 Å². The van der Waals surface area contributed by atoms with Crippen LogP contribution in [-0.4, -0.2) is 27.8 Å². The van der Waals surface area contributed by atoms with Crippen molar-refractivity contribution in [3.05, 3.63) is 82.9 Å². The molecule has 1 amide bonds. The van der Waals surface area contributed by atoms with Gasteiger partial charge in [-0.1, -0.05) is 35.9 Å². The fourth-order valence-electron chi connectivity index (χ4n) is 3.89. The summed E-state index contributed by atoms with van der Waals surface area (Å²) in [4.78, 5) is 32.3. The van der Waals surface area contributed by atoms with Crippen LogP contribution in [0.4, 0.5) is 0 Å². The number of H-pyrrole nitrogens is 1. The number of Topliss-reactive ketones (excluding diaryl/α,β-unsaturated/α-hetero) is 1. The summed E-state index contributed by atoms with van der Waals surface area (Å²) in [5, 5.41) is 0.381. The van der Waals surface area contributed by atoms with Crippen LogP contribution in [0.25, 0.3) is 11.0 Å². The maximum Gasteiger partial charge on any atom is 0.300 e. The molecule has 0 saturated heterocycles. The monoisotopic (exact) mass is 505 g/mol. The summed E-state index contributed by atoms with van der Waals surface area (Å²) < 4.78 is 11.4. The number of rotatable bonds is 11. The van der Waals surface area contributed by atoms with Crippen molar-refractivity contribution in [3.8, 4) is 17.5 Å². The predicted octanol–water partition coefficient (Wildman–Crippen LogP) is 6.10. The molecule has 0 bridgehead atoms. The summed E-state index contributed by atoms with van der Waals surface area (Å²) in [5.74, 6) is 0.129. The molecule has 0 aliphatic carbocycles. The third-order valence-electron chi connectivity index (χ3n) is 5.73. The van der Waals surface area contributed by atoms with Crippen LogP contribution in [0.1, 0.15) is 42.6 Å². The molecule has 0 saturated carbocycles. The minimum atomic E-state index is -0.477. The van der Waals surface area contributed by atoms with Crippen LogP contribution >= 0.6 is 11.6 Å². The maximum absolute atomic E-state index is 12.7. The third kappa shape index (κ3) is 6.43. The molecule has 0 aliphatic rings. The number of ketones is 1. The van der Waals surface area contributed by atoms with Crippen LogP contribution in [0.2, 0.25) is 5.02 Å². The highest BCUT2D eigenvalue weighted by Gasteiger charge is 2.19. The number of carbonyl (C=O) groups is 2. The van der Waals surface area contributed by atoms with Gasteiger partial charge in [0, 0.05) is 17.9 Å². The number of nitrogens with one attached hydrogen (secondary N) is 1. The summed E-state index contributed by atoms with van der Waals surface area (Å²) in [5.41, 5.74) is 8.76. The largest absolute Gasteiger partial charge is 0.489 e. The van der Waals surface area contributed by atoms with Crippen molar-refractivity contribution in [3.63, 3.8) is 0 Å². The highest BCUT2D eigenvalue weighted by Crippen LogP contribution is 2.28. The van der Waals surface area contributed by atoms with Gasteiger partial charge < -0.3 is 20.2 Å². The first kappa shape index (κ1) is 25.3. The van der Waals surface area contributed by atoms with Crippen LogP contribution in [0.15, 0.2) is 66.7 Å². The number of hydrogen-bond acceptors (Lipinski definition) is 5. The van der Waals surface area contributed by atoms with Gasteiger partial charge in [-0.05, 0) is 74.7 Å². The molecule has 3 aromatic carbocycles. The van der Waals surface area contributed by atoms with Gasteiger partial charge in [-0.2, -0.15) is 4.98 Å². The van der Waals surface area contributed by atoms with Crippen LogP contribution in [0.5, 0.6) is 17.5 Å². The van der Waals surface area contributed by atoms with Gasteiger partial charge in [0.05, 0.1) is 22.2 Å². The first-order valence-corrected chi connectivity index (χ1v) is 12.2. The van der Waals surface area contributed by atoms with E-state index in [0.717, 1.165) is 16.6 Å². The Balaban J connectivity index is 1.34. The number of fused-ring (bicyclic) bond motifs is 1. The molecule has 0 radical (unpaired) electrons. The molecule has 0 unspecified atom stereocenters. The molecule has 4 rings (SSSR count). The number of para-hydroxylation sites is 2. The Morgan fingerprint density at radius 3 is 2.47 bits per heavy atom. The minimum absolute atomic E-state index is 0.0220. The fourth-order valence-corrected chi connectivity index (χ4v) is 4.11. The fraction of sp³-hybridized carbons (Fsp3) is 0.250. The van der Waals surface area contributed by atoms with Gasteiger partial charge in [0.1, 0.15) is 11.5 Å². The number of amides is 1. The number of primary amides is 1. The van der Waals surface area contributed by atoms with Crippen molar-refractivity contribution < 1.29 is 19.1 Å². The molecule has 8 heteroatoms. The maximum atomic E-state index is 12.7. The molecule has 1 aromatic heterocycles. The summed E-state index contributed by atoms with van der Waals surface area (Å²) >= 11 is 6.25. The second kappa shape index (κ2) is 11.3. The molecule has 4 aromatic rings. The Labute approximate surface area is 214 Å². The van der Waals surface area contributed by atoms with E-state index in [4.69, 9.17) is 26.8 Å². The van der Waals surface area contributed by atoms with Crippen molar-refractivity contribution in [1.29, 1.82) is 0 Å². The number of ether oxygens (including phenoxy) is 2. The van der Waals surface area contributed by atoms with E-state index in [9.17, 15) is 9.59 Å². The first-order valence-electron chi connectivity index (χ1n) is 11.8. The average molecular weight is 506 g/mol. The molecule has 0 spiro atoms. The number of aromatic amines is 1. The lowest BCUT2D eigenvalue weighted by molar-refractivity contribution is -0.121. The normalized spacial score (nSPS) is 12.0. The molecule has 0 aliphatic heterocycles. The number of benzene rings is 3. The van der Waals surface area contributed by atoms with Gasteiger partial charge in [0.25, 0.3) is 6.01 Å². The van der Waals surface area contributed by atoms with E-state index in [2.05, 4.69) is 9.97 Å². The number of imidazole rings is 1. The summed E-state index contributed by atoms with van der Waals surface area (Å²) in [6, 6.07) is 20.4. The number of aromatic nitrogens is 2. The number of carbonyl (C=O) groups excluding carboxylic acids is 2. The van der Waals surface area contributed by atoms with E-state index < -0.39 is 11.8 Å². The highest BCUT2D eigenvalue weighted by molar-refractivity contribution is 6.32. The summed E-state index contributed by atoms with van der Waals surface area (Å²) in [6.07, 6.45) is 0.927. The number of nitrogens with two attached hydrogens (primary N) is 1. The molecule has 1 heterocycles. The molecule has 36 heavy (non-hydrogen) atoms. The van der Waals surface area contributed by atoms with Crippen LogP contribution < -0.4 is 15.2 Å². The lowest BCUT2D eigenvalue weighted by atomic mass is 9.92. The number of nitrogens with zero attached hydrogens (tertiary/aromatic N) is 1. The molecule has 1 atom stereocenters. The van der Waals surface area contributed by atoms with Gasteiger partial charge in [0.15, 0.2) is 5.78 Å². The van der Waals surface area contributed by atoms with Crippen molar-refractivity contribution in [2.24, 2.45) is 11.7 Å². The average Bonchev–Trinajstić information content (AvgIpc) is 3.25. The smallest absolute Gasteiger partial charge is 0.300 e. The predicted molar refractivity (Wildman–Crippen MR) is 140 cm³/mol. The molecule has 0 fully saturated rings. The van der Waals surface area contributed by atoms with Gasteiger partial charge in [-0.25, -0.2) is 0 Å². The Kier molecular flexibility index (Phi) is 7.90. The second-order valence-electron chi connectivity index (χ2n) is 8.88. The second-order valence-corrected chi connectivity index (χ2v) is 9.29.